The van der Waals surface area contributed by atoms with Gasteiger partial charge in [0.2, 0.25) is 5.95 Å². The van der Waals surface area contributed by atoms with Crippen molar-refractivity contribution in [2.75, 3.05) is 36.4 Å². The minimum atomic E-state index is -0.752. The van der Waals surface area contributed by atoms with Crippen molar-refractivity contribution in [2.45, 2.75) is 6.92 Å². The molecule has 2 aromatic carbocycles. The van der Waals surface area contributed by atoms with Crippen molar-refractivity contribution in [2.24, 2.45) is 0 Å². The third-order valence-electron chi connectivity index (χ3n) is 5.31. The number of nitrogens with zero attached hydrogens (tertiary/aromatic N) is 6. The van der Waals surface area contributed by atoms with Crippen LogP contribution in [-0.2, 0) is 0 Å². The highest BCUT2D eigenvalue weighted by molar-refractivity contribution is 5.95. The van der Waals surface area contributed by atoms with Gasteiger partial charge in [0.05, 0.1) is 21.5 Å². The highest BCUT2D eigenvalue weighted by Crippen LogP contribution is 2.25. The number of carbonyl (C=O) groups is 1. The molecule has 0 saturated carbocycles. The van der Waals surface area contributed by atoms with Crippen molar-refractivity contribution < 1.29 is 14.6 Å². The van der Waals surface area contributed by atoms with Crippen molar-refractivity contribution in [1.82, 2.24) is 14.9 Å². The lowest BCUT2D eigenvalue weighted by molar-refractivity contribution is -0.394. The number of piperazine rings is 1. The molecule has 0 atom stereocenters. The molecular formula is C22H21N7O5. The zero-order valence-corrected chi connectivity index (χ0v) is 18.2. The van der Waals surface area contributed by atoms with Gasteiger partial charge in [-0.2, -0.15) is 4.98 Å². The monoisotopic (exact) mass is 463 g/mol. The Balaban J connectivity index is 1.47. The number of benzene rings is 2. The first-order valence-corrected chi connectivity index (χ1v) is 10.5. The molecule has 3 aromatic rings. The van der Waals surface area contributed by atoms with Crippen molar-refractivity contribution in [3.63, 3.8) is 0 Å². The second-order valence-electron chi connectivity index (χ2n) is 7.72. The second kappa shape index (κ2) is 9.48. The van der Waals surface area contributed by atoms with Gasteiger partial charge in [-0.15, -0.1) is 0 Å². The summed E-state index contributed by atoms with van der Waals surface area (Å²) in [6, 6.07) is 14.4. The number of aromatic nitrogens is 2. The predicted molar refractivity (Wildman–Crippen MR) is 124 cm³/mol. The quantitative estimate of drug-likeness (QED) is 0.429. The summed E-state index contributed by atoms with van der Waals surface area (Å²) in [5.74, 6) is 0.677. The smallest absolute Gasteiger partial charge is 0.277 e. The zero-order valence-electron chi connectivity index (χ0n) is 18.2. The molecule has 0 bridgehead atoms. The maximum Gasteiger partial charge on any atom is 0.277 e. The van der Waals surface area contributed by atoms with Gasteiger partial charge >= 0.3 is 0 Å². The van der Waals surface area contributed by atoms with Gasteiger partial charge in [-0.25, -0.2) is 4.98 Å². The van der Waals surface area contributed by atoms with Gasteiger partial charge in [-0.05, 0) is 19.1 Å². The van der Waals surface area contributed by atoms with Crippen LogP contribution in [0.1, 0.15) is 16.1 Å². The fourth-order valence-electron chi connectivity index (χ4n) is 3.65. The van der Waals surface area contributed by atoms with E-state index in [1.165, 1.54) is 4.90 Å². The third-order valence-corrected chi connectivity index (χ3v) is 5.31. The van der Waals surface area contributed by atoms with Gasteiger partial charge < -0.3 is 15.1 Å². The van der Waals surface area contributed by atoms with E-state index in [0.717, 1.165) is 29.6 Å². The third kappa shape index (κ3) is 5.06. The van der Waals surface area contributed by atoms with E-state index in [0.29, 0.717) is 37.9 Å². The molecule has 1 aliphatic heterocycles. The number of carbonyl (C=O) groups excluding carboxylic acids is 1. The maximum absolute atomic E-state index is 12.9. The Morgan fingerprint density at radius 1 is 0.912 bits per heavy atom. The fourth-order valence-corrected chi connectivity index (χ4v) is 3.65. The van der Waals surface area contributed by atoms with E-state index >= 15 is 0 Å². The Morgan fingerprint density at radius 3 is 2.12 bits per heavy atom. The Hall–Kier alpha value is -4.61. The van der Waals surface area contributed by atoms with Crippen LogP contribution < -0.4 is 10.2 Å². The van der Waals surface area contributed by atoms with Crippen molar-refractivity contribution in [3.05, 3.63) is 86.1 Å². The van der Waals surface area contributed by atoms with E-state index in [4.69, 9.17) is 0 Å². The molecule has 2 heterocycles. The highest BCUT2D eigenvalue weighted by atomic mass is 16.6. The van der Waals surface area contributed by atoms with E-state index in [-0.39, 0.29) is 5.56 Å². The number of para-hydroxylation sites is 1. The Morgan fingerprint density at radius 2 is 1.53 bits per heavy atom. The molecule has 1 amide bonds. The molecule has 0 unspecified atom stereocenters. The first kappa shape index (κ1) is 22.6. The van der Waals surface area contributed by atoms with Gasteiger partial charge in [0.15, 0.2) is 0 Å². The van der Waals surface area contributed by atoms with Crippen LogP contribution >= 0.6 is 0 Å². The minimum absolute atomic E-state index is 0.0875. The predicted octanol–water partition coefficient (Wildman–Crippen LogP) is 3.31. The van der Waals surface area contributed by atoms with Crippen molar-refractivity contribution in [3.8, 4) is 0 Å². The van der Waals surface area contributed by atoms with Crippen molar-refractivity contribution in [1.29, 1.82) is 0 Å². The van der Waals surface area contributed by atoms with Gasteiger partial charge in [0.1, 0.15) is 5.82 Å². The summed E-state index contributed by atoms with van der Waals surface area (Å²) in [4.78, 5) is 46.2. The summed E-state index contributed by atoms with van der Waals surface area (Å²) in [5, 5.41) is 25.5. The molecular weight excluding hydrogens is 442 g/mol. The molecule has 34 heavy (non-hydrogen) atoms. The fraction of sp³-hybridized carbons (Fsp3) is 0.227. The number of aryl methyl sites for hydroxylation is 1. The first-order valence-electron chi connectivity index (χ1n) is 10.5. The number of non-ortho nitro benzene ring substituents is 2. The van der Waals surface area contributed by atoms with Gasteiger partial charge in [0, 0.05) is 55.8 Å². The topological polar surface area (TPSA) is 148 Å². The Kier molecular flexibility index (Phi) is 6.30. The molecule has 1 aliphatic rings. The molecule has 1 fully saturated rings. The Labute approximate surface area is 194 Å². The summed E-state index contributed by atoms with van der Waals surface area (Å²) in [6.07, 6.45) is 0. The molecule has 1 aromatic heterocycles. The van der Waals surface area contributed by atoms with Gasteiger partial charge in [0.25, 0.3) is 17.3 Å². The zero-order chi connectivity index (χ0) is 24.2. The first-order chi connectivity index (χ1) is 16.3. The van der Waals surface area contributed by atoms with Crippen LogP contribution in [0.2, 0.25) is 0 Å². The maximum atomic E-state index is 12.9. The molecule has 0 spiro atoms. The number of nitrogens with one attached hydrogen (secondary N) is 1. The van der Waals surface area contributed by atoms with Crippen LogP contribution in [0, 0.1) is 27.2 Å². The molecule has 4 rings (SSSR count). The van der Waals surface area contributed by atoms with Gasteiger partial charge in [-0.1, -0.05) is 18.2 Å². The molecule has 1 saturated heterocycles. The van der Waals surface area contributed by atoms with Crippen LogP contribution in [0.5, 0.6) is 0 Å². The van der Waals surface area contributed by atoms with Crippen LogP contribution in [0.25, 0.3) is 0 Å². The summed E-state index contributed by atoms with van der Waals surface area (Å²) in [7, 11) is 0. The van der Waals surface area contributed by atoms with Crippen LogP contribution in [0.4, 0.5) is 28.8 Å². The summed E-state index contributed by atoms with van der Waals surface area (Å²) in [5.41, 5.74) is 0.597. The largest absolute Gasteiger partial charge is 0.340 e. The number of rotatable bonds is 6. The lowest BCUT2D eigenvalue weighted by Crippen LogP contribution is -2.49. The average Bonchev–Trinajstić information content (AvgIpc) is 2.83. The molecule has 1 N–H and O–H groups in total. The van der Waals surface area contributed by atoms with E-state index in [1.807, 2.05) is 48.2 Å². The number of anilines is 3. The van der Waals surface area contributed by atoms with E-state index in [1.54, 1.807) is 0 Å². The number of nitro benzene ring substituents is 2. The SMILES string of the molecule is Cc1cc(Nc2ccccc2)nc(N2CCN(C(=O)c3cc([N+](=O)[O-])cc([N+](=O)[O-])c3)CC2)n1. The van der Waals surface area contributed by atoms with E-state index in [9.17, 15) is 25.0 Å². The number of hydrogen-bond donors (Lipinski definition) is 1. The molecule has 0 radical (unpaired) electrons. The van der Waals surface area contributed by atoms with Crippen molar-refractivity contribution >= 4 is 34.7 Å². The summed E-state index contributed by atoms with van der Waals surface area (Å²) < 4.78 is 0. The molecule has 0 aliphatic carbocycles. The molecule has 174 valence electrons. The normalized spacial score (nSPS) is 13.4. The number of nitro groups is 2. The number of amides is 1. The average molecular weight is 463 g/mol. The summed E-state index contributed by atoms with van der Waals surface area (Å²) >= 11 is 0. The van der Waals surface area contributed by atoms with Gasteiger partial charge in [-0.3, -0.25) is 25.0 Å². The van der Waals surface area contributed by atoms with E-state index in [2.05, 4.69) is 15.3 Å². The minimum Gasteiger partial charge on any atom is -0.340 e. The lowest BCUT2D eigenvalue weighted by atomic mass is 10.1. The van der Waals surface area contributed by atoms with E-state index < -0.39 is 27.1 Å². The number of hydrogen-bond acceptors (Lipinski definition) is 9. The van der Waals surface area contributed by atoms with Crippen LogP contribution in [0.15, 0.2) is 54.6 Å². The van der Waals surface area contributed by atoms with Crippen LogP contribution in [-0.4, -0.2) is 56.8 Å². The Bertz CT molecular complexity index is 1210. The summed E-state index contributed by atoms with van der Waals surface area (Å²) in [6.45, 7) is 3.38. The second-order valence-corrected chi connectivity index (χ2v) is 7.72. The van der Waals surface area contributed by atoms with Crippen LogP contribution in [0.3, 0.4) is 0 Å². The standard InChI is InChI=1S/C22H21N7O5/c1-15-11-20(24-17-5-3-2-4-6-17)25-22(23-15)27-9-7-26(8-10-27)21(30)16-12-18(28(31)32)14-19(13-16)29(33)34/h2-6,11-14H,7-10H2,1H3,(H,23,24,25). The molecule has 12 nitrogen and oxygen atoms in total. The highest BCUT2D eigenvalue weighted by Gasteiger charge is 2.27. The molecule has 12 heteroatoms. The lowest BCUT2D eigenvalue weighted by Gasteiger charge is -2.35.